The summed E-state index contributed by atoms with van der Waals surface area (Å²) in [5.41, 5.74) is 10.2. The quantitative estimate of drug-likeness (QED) is 0.756. The largest absolute Gasteiger partial charge is 0.394 e. The Kier molecular flexibility index (Phi) is 5.16. The van der Waals surface area contributed by atoms with E-state index in [4.69, 9.17) is 5.73 Å². The van der Waals surface area contributed by atoms with E-state index in [1.807, 2.05) is 24.3 Å². The van der Waals surface area contributed by atoms with E-state index in [-0.39, 0.29) is 12.6 Å². The summed E-state index contributed by atoms with van der Waals surface area (Å²) in [5, 5.41) is 13.0. The van der Waals surface area contributed by atoms with Crippen LogP contribution < -0.4 is 11.1 Å². The molecule has 0 heterocycles. The molecule has 0 aliphatic carbocycles. The highest BCUT2D eigenvalue weighted by Crippen LogP contribution is 2.19. The van der Waals surface area contributed by atoms with E-state index in [9.17, 15) is 5.11 Å². The summed E-state index contributed by atoms with van der Waals surface area (Å²) in [4.78, 5) is 0. The van der Waals surface area contributed by atoms with Gasteiger partial charge in [0.25, 0.3) is 0 Å². The van der Waals surface area contributed by atoms with Crippen LogP contribution in [0.3, 0.4) is 0 Å². The summed E-state index contributed by atoms with van der Waals surface area (Å²) in [6, 6.07) is 16.3. The van der Waals surface area contributed by atoms with Crippen LogP contribution in [0.15, 0.2) is 48.5 Å². The average molecular weight is 270 g/mol. The van der Waals surface area contributed by atoms with Crippen LogP contribution in [0.2, 0.25) is 0 Å². The van der Waals surface area contributed by atoms with Crippen molar-refractivity contribution in [2.45, 2.75) is 25.9 Å². The van der Waals surface area contributed by atoms with Crippen LogP contribution in [-0.4, -0.2) is 17.8 Å². The van der Waals surface area contributed by atoms with Crippen LogP contribution in [0.25, 0.3) is 0 Å². The molecule has 0 spiro atoms. The Morgan fingerprint density at radius 1 is 1.15 bits per heavy atom. The normalized spacial score (nSPS) is 12.2. The predicted octanol–water partition coefficient (Wildman–Crippen LogP) is 2.47. The van der Waals surface area contributed by atoms with Gasteiger partial charge in [0.1, 0.15) is 0 Å². The molecule has 0 bridgehead atoms. The Bertz CT molecular complexity index is 540. The van der Waals surface area contributed by atoms with Gasteiger partial charge < -0.3 is 16.2 Å². The van der Waals surface area contributed by atoms with Gasteiger partial charge in [-0.1, -0.05) is 42.5 Å². The lowest BCUT2D eigenvalue weighted by molar-refractivity contribution is 0.273. The molecule has 1 atom stereocenters. The Morgan fingerprint density at radius 3 is 2.55 bits per heavy atom. The van der Waals surface area contributed by atoms with Crippen molar-refractivity contribution in [3.63, 3.8) is 0 Å². The molecule has 2 aromatic rings. The van der Waals surface area contributed by atoms with Gasteiger partial charge in [0.2, 0.25) is 0 Å². The topological polar surface area (TPSA) is 58.3 Å². The van der Waals surface area contributed by atoms with Crippen molar-refractivity contribution < 1.29 is 5.11 Å². The van der Waals surface area contributed by atoms with Crippen LogP contribution in [0.1, 0.15) is 16.7 Å². The molecule has 0 amide bonds. The number of benzene rings is 2. The maximum absolute atomic E-state index is 9.59. The van der Waals surface area contributed by atoms with Gasteiger partial charge in [-0.25, -0.2) is 0 Å². The molecule has 3 nitrogen and oxygen atoms in total. The number of hydrogen-bond acceptors (Lipinski definition) is 3. The molecule has 0 aliphatic rings. The van der Waals surface area contributed by atoms with Gasteiger partial charge in [-0.3, -0.25) is 0 Å². The zero-order chi connectivity index (χ0) is 14.4. The molecule has 0 saturated carbocycles. The van der Waals surface area contributed by atoms with Crippen LogP contribution in [0, 0.1) is 6.92 Å². The first-order valence-corrected chi connectivity index (χ1v) is 6.94. The summed E-state index contributed by atoms with van der Waals surface area (Å²) < 4.78 is 0. The number of rotatable bonds is 6. The zero-order valence-electron chi connectivity index (χ0n) is 11.8. The highest BCUT2D eigenvalue weighted by atomic mass is 16.3. The summed E-state index contributed by atoms with van der Waals surface area (Å²) in [6.45, 7) is 2.63. The van der Waals surface area contributed by atoms with Crippen molar-refractivity contribution in [1.29, 1.82) is 0 Å². The molecule has 1 unspecified atom stereocenters. The first-order chi connectivity index (χ1) is 9.72. The second-order valence-electron chi connectivity index (χ2n) is 5.08. The fourth-order valence-electron chi connectivity index (χ4n) is 2.28. The van der Waals surface area contributed by atoms with E-state index < -0.39 is 0 Å². The smallest absolute Gasteiger partial charge is 0.0636 e. The number of anilines is 1. The molecule has 0 saturated heterocycles. The van der Waals surface area contributed by atoms with Gasteiger partial charge in [-0.15, -0.1) is 0 Å². The molecule has 0 fully saturated rings. The highest BCUT2D eigenvalue weighted by Gasteiger charge is 2.10. The highest BCUT2D eigenvalue weighted by molar-refractivity contribution is 5.54. The van der Waals surface area contributed by atoms with Gasteiger partial charge >= 0.3 is 0 Å². The van der Waals surface area contributed by atoms with Crippen molar-refractivity contribution in [2.75, 3.05) is 11.9 Å². The Hall–Kier alpha value is -1.84. The Morgan fingerprint density at radius 2 is 1.90 bits per heavy atom. The van der Waals surface area contributed by atoms with Gasteiger partial charge in [-0.05, 0) is 36.1 Å². The van der Waals surface area contributed by atoms with Crippen molar-refractivity contribution >= 4 is 5.69 Å². The molecule has 0 aromatic heterocycles. The van der Waals surface area contributed by atoms with Crippen LogP contribution in [0.4, 0.5) is 5.69 Å². The van der Waals surface area contributed by atoms with E-state index in [0.29, 0.717) is 6.54 Å². The average Bonchev–Trinajstić information content (AvgIpc) is 2.48. The first-order valence-electron chi connectivity index (χ1n) is 6.94. The lowest BCUT2D eigenvalue weighted by Gasteiger charge is -2.20. The number of nitrogens with one attached hydrogen (secondary N) is 1. The zero-order valence-corrected chi connectivity index (χ0v) is 11.8. The monoisotopic (exact) mass is 270 g/mol. The van der Waals surface area contributed by atoms with Crippen molar-refractivity contribution in [3.05, 3.63) is 65.2 Å². The summed E-state index contributed by atoms with van der Waals surface area (Å²) in [6.07, 6.45) is 0.787. The summed E-state index contributed by atoms with van der Waals surface area (Å²) in [5.74, 6) is 0. The maximum atomic E-state index is 9.59. The Labute approximate surface area is 120 Å². The second kappa shape index (κ2) is 7.08. The lowest BCUT2D eigenvalue weighted by atomic mass is 10.0. The maximum Gasteiger partial charge on any atom is 0.0636 e. The van der Waals surface area contributed by atoms with Crippen molar-refractivity contribution in [2.24, 2.45) is 5.73 Å². The fourth-order valence-corrected chi connectivity index (χ4v) is 2.28. The number of aryl methyl sites for hydroxylation is 1. The molecular formula is C17H22N2O. The van der Waals surface area contributed by atoms with E-state index >= 15 is 0 Å². The van der Waals surface area contributed by atoms with Gasteiger partial charge in [0, 0.05) is 12.2 Å². The molecule has 2 rings (SSSR count). The molecule has 20 heavy (non-hydrogen) atoms. The molecule has 4 N–H and O–H groups in total. The molecule has 2 aromatic carbocycles. The van der Waals surface area contributed by atoms with E-state index in [2.05, 4.69) is 36.5 Å². The fraction of sp³-hybridized carbons (Fsp3) is 0.294. The number of hydrogen-bond donors (Lipinski definition) is 3. The number of aliphatic hydroxyl groups excluding tert-OH is 1. The number of aliphatic hydroxyl groups is 1. The molecule has 106 valence electrons. The van der Waals surface area contributed by atoms with E-state index in [1.54, 1.807) is 0 Å². The molecule has 0 radical (unpaired) electrons. The standard InChI is InChI=1S/C17H22N2O/c1-13-7-8-15(11-18)17(9-13)19-16(12-20)10-14-5-3-2-4-6-14/h2-9,16,19-20H,10-12,18H2,1H3. The number of nitrogens with two attached hydrogens (primary N) is 1. The van der Waals surface area contributed by atoms with Crippen LogP contribution in [0.5, 0.6) is 0 Å². The van der Waals surface area contributed by atoms with E-state index in [1.165, 1.54) is 11.1 Å². The van der Waals surface area contributed by atoms with Crippen LogP contribution in [-0.2, 0) is 13.0 Å². The Balaban J connectivity index is 2.12. The van der Waals surface area contributed by atoms with Crippen molar-refractivity contribution in [3.8, 4) is 0 Å². The second-order valence-corrected chi connectivity index (χ2v) is 5.08. The predicted molar refractivity (Wildman–Crippen MR) is 83.7 cm³/mol. The third-order valence-electron chi connectivity index (χ3n) is 3.39. The van der Waals surface area contributed by atoms with E-state index in [0.717, 1.165) is 17.7 Å². The SMILES string of the molecule is Cc1ccc(CN)c(NC(CO)Cc2ccccc2)c1. The summed E-state index contributed by atoms with van der Waals surface area (Å²) in [7, 11) is 0. The molecule has 3 heteroatoms. The lowest BCUT2D eigenvalue weighted by Crippen LogP contribution is -2.27. The molecule has 0 aliphatic heterocycles. The third-order valence-corrected chi connectivity index (χ3v) is 3.39. The minimum atomic E-state index is -0.00972. The van der Waals surface area contributed by atoms with Gasteiger partial charge in [-0.2, -0.15) is 0 Å². The van der Waals surface area contributed by atoms with Crippen LogP contribution >= 0.6 is 0 Å². The van der Waals surface area contributed by atoms with Gasteiger partial charge in [0.05, 0.1) is 12.6 Å². The third kappa shape index (κ3) is 3.83. The van der Waals surface area contributed by atoms with Crippen molar-refractivity contribution in [1.82, 2.24) is 0 Å². The minimum Gasteiger partial charge on any atom is -0.394 e. The summed E-state index contributed by atoms with van der Waals surface area (Å²) >= 11 is 0. The minimum absolute atomic E-state index is 0.00972. The van der Waals surface area contributed by atoms with Gasteiger partial charge in [0.15, 0.2) is 0 Å². The first kappa shape index (κ1) is 14.6. The molecular weight excluding hydrogens is 248 g/mol.